The number of ether oxygens (including phenoxy) is 2. The number of hydrogen-bond acceptors (Lipinski definition) is 8. The maximum Gasteiger partial charge on any atom is 0.260 e. The van der Waals surface area contributed by atoms with Crippen molar-refractivity contribution in [3.63, 3.8) is 0 Å². The van der Waals surface area contributed by atoms with Crippen molar-refractivity contribution in [1.29, 1.82) is 0 Å². The number of halogens is 1. The van der Waals surface area contributed by atoms with Gasteiger partial charge in [-0.25, -0.2) is 13.4 Å². The summed E-state index contributed by atoms with van der Waals surface area (Å²) in [6, 6.07) is 9.72. The number of hydrogen-bond donors (Lipinski definition) is 0. The molecule has 0 aliphatic rings. The first kappa shape index (κ1) is 26.8. The Morgan fingerprint density at radius 2 is 1.73 bits per heavy atom. The van der Waals surface area contributed by atoms with Gasteiger partial charge in [-0.15, -0.1) is 12.4 Å². The quantitative estimate of drug-likeness (QED) is 0.430. The summed E-state index contributed by atoms with van der Waals surface area (Å²) in [6.45, 7) is 2.55. The van der Waals surface area contributed by atoms with Gasteiger partial charge in [-0.1, -0.05) is 24.3 Å². The van der Waals surface area contributed by atoms with E-state index in [-0.39, 0.29) is 34.5 Å². The Labute approximate surface area is 204 Å². The Hall–Kier alpha value is -2.40. The Morgan fingerprint density at radius 1 is 1.06 bits per heavy atom. The van der Waals surface area contributed by atoms with E-state index in [2.05, 4.69) is 4.98 Å². The number of carbonyl (C=O) groups is 1. The molecule has 1 aromatic heterocycles. The lowest BCUT2D eigenvalue weighted by Crippen LogP contribution is -2.36. The van der Waals surface area contributed by atoms with E-state index >= 15 is 0 Å². The third kappa shape index (κ3) is 5.75. The van der Waals surface area contributed by atoms with Gasteiger partial charge in [0.1, 0.15) is 21.7 Å². The highest BCUT2D eigenvalue weighted by Gasteiger charge is 2.25. The fourth-order valence-corrected chi connectivity index (χ4v) is 5.14. The van der Waals surface area contributed by atoms with E-state index in [1.807, 2.05) is 19.0 Å². The molecule has 0 aliphatic heterocycles. The summed E-state index contributed by atoms with van der Waals surface area (Å²) in [5.74, 6) is 0.865. The normalized spacial score (nSPS) is 11.3. The van der Waals surface area contributed by atoms with Crippen molar-refractivity contribution in [2.24, 2.45) is 0 Å². The van der Waals surface area contributed by atoms with Gasteiger partial charge in [0.2, 0.25) is 0 Å². The second kappa shape index (κ2) is 11.1. The molecule has 33 heavy (non-hydrogen) atoms. The third-order valence-electron chi connectivity index (χ3n) is 4.97. The number of fused-ring (bicyclic) bond motifs is 1. The number of amides is 1. The summed E-state index contributed by atoms with van der Waals surface area (Å²) in [5.41, 5.74) is 0.897. The highest BCUT2D eigenvalue weighted by Crippen LogP contribution is 2.40. The Bertz CT molecular complexity index is 1190. The number of benzene rings is 2. The van der Waals surface area contributed by atoms with Crippen LogP contribution in [0.2, 0.25) is 0 Å². The molecule has 180 valence electrons. The van der Waals surface area contributed by atoms with Gasteiger partial charge in [0.05, 0.1) is 24.9 Å². The molecule has 0 unspecified atom stereocenters. The van der Waals surface area contributed by atoms with Crippen LogP contribution in [0.15, 0.2) is 41.3 Å². The Kier molecular flexibility index (Phi) is 9.07. The van der Waals surface area contributed by atoms with Crippen LogP contribution >= 0.6 is 23.7 Å². The molecular formula is C22H28ClN3O5S2. The number of methoxy groups -OCH3 is 2. The van der Waals surface area contributed by atoms with E-state index in [0.29, 0.717) is 35.2 Å². The molecule has 0 aliphatic carbocycles. The molecule has 3 aromatic rings. The number of aromatic nitrogens is 1. The zero-order valence-corrected chi connectivity index (χ0v) is 21.6. The topological polar surface area (TPSA) is 89.0 Å². The van der Waals surface area contributed by atoms with Gasteiger partial charge in [-0.05, 0) is 44.4 Å². The number of rotatable bonds is 9. The SMILES string of the molecule is CCS(=O)(=O)c1cccc(C(=O)N(CCN(C)C)c2nc3c(OC)ccc(OC)c3s2)c1.Cl. The van der Waals surface area contributed by atoms with Crippen LogP contribution in [0.5, 0.6) is 11.5 Å². The Morgan fingerprint density at radius 3 is 2.33 bits per heavy atom. The van der Waals surface area contributed by atoms with Crippen molar-refractivity contribution in [3.05, 3.63) is 42.0 Å². The molecule has 0 spiro atoms. The van der Waals surface area contributed by atoms with E-state index in [1.54, 1.807) is 50.3 Å². The lowest BCUT2D eigenvalue weighted by Gasteiger charge is -2.22. The molecule has 1 amide bonds. The smallest absolute Gasteiger partial charge is 0.260 e. The summed E-state index contributed by atoms with van der Waals surface area (Å²) in [6.07, 6.45) is 0. The number of likely N-dealkylation sites (N-methyl/N-ethyl adjacent to an activating group) is 1. The average Bonchev–Trinajstić information content (AvgIpc) is 3.23. The third-order valence-corrected chi connectivity index (χ3v) is 7.79. The van der Waals surface area contributed by atoms with Crippen LogP contribution in [0, 0.1) is 0 Å². The van der Waals surface area contributed by atoms with Crippen molar-refractivity contribution >= 4 is 54.8 Å². The molecular weight excluding hydrogens is 486 g/mol. The molecule has 0 saturated carbocycles. The van der Waals surface area contributed by atoms with Crippen LogP contribution < -0.4 is 14.4 Å². The van der Waals surface area contributed by atoms with Crippen molar-refractivity contribution in [2.75, 3.05) is 52.1 Å². The summed E-state index contributed by atoms with van der Waals surface area (Å²) in [4.78, 5) is 21.9. The molecule has 2 aromatic carbocycles. The number of nitrogens with zero attached hydrogens (tertiary/aromatic N) is 3. The first-order chi connectivity index (χ1) is 15.2. The van der Waals surface area contributed by atoms with Gasteiger partial charge < -0.3 is 14.4 Å². The molecule has 0 saturated heterocycles. The lowest BCUT2D eigenvalue weighted by molar-refractivity contribution is 0.0985. The summed E-state index contributed by atoms with van der Waals surface area (Å²) in [5, 5.41) is 0.485. The van der Waals surface area contributed by atoms with Crippen molar-refractivity contribution in [2.45, 2.75) is 11.8 Å². The van der Waals surface area contributed by atoms with Crippen LogP contribution in [-0.2, 0) is 9.84 Å². The number of anilines is 1. The molecule has 1 heterocycles. The minimum atomic E-state index is -3.43. The van der Waals surface area contributed by atoms with Crippen LogP contribution in [-0.4, -0.2) is 71.4 Å². The van der Waals surface area contributed by atoms with E-state index < -0.39 is 9.84 Å². The van der Waals surface area contributed by atoms with Crippen LogP contribution in [0.4, 0.5) is 5.13 Å². The number of carbonyl (C=O) groups excluding carboxylic acids is 1. The molecule has 0 radical (unpaired) electrons. The van der Waals surface area contributed by atoms with E-state index in [1.165, 1.54) is 23.5 Å². The first-order valence-corrected chi connectivity index (χ1v) is 12.5. The van der Waals surface area contributed by atoms with Crippen LogP contribution in [0.25, 0.3) is 10.2 Å². The van der Waals surface area contributed by atoms with E-state index in [9.17, 15) is 13.2 Å². The zero-order valence-electron chi connectivity index (χ0n) is 19.2. The minimum Gasteiger partial charge on any atom is -0.495 e. The van der Waals surface area contributed by atoms with Gasteiger partial charge in [0, 0.05) is 18.7 Å². The monoisotopic (exact) mass is 513 g/mol. The maximum atomic E-state index is 13.5. The van der Waals surface area contributed by atoms with Crippen LogP contribution in [0.1, 0.15) is 17.3 Å². The highest BCUT2D eigenvalue weighted by molar-refractivity contribution is 7.91. The molecule has 11 heteroatoms. The van der Waals surface area contributed by atoms with Gasteiger partial charge in [0.15, 0.2) is 15.0 Å². The van der Waals surface area contributed by atoms with E-state index in [0.717, 1.165) is 4.70 Å². The molecule has 0 fully saturated rings. The second-order valence-electron chi connectivity index (χ2n) is 7.34. The lowest BCUT2D eigenvalue weighted by atomic mass is 10.2. The number of thiazole rings is 1. The molecule has 0 bridgehead atoms. The largest absolute Gasteiger partial charge is 0.495 e. The van der Waals surface area contributed by atoms with Crippen molar-refractivity contribution < 1.29 is 22.7 Å². The predicted octanol–water partition coefficient (Wildman–Crippen LogP) is 3.74. The fourth-order valence-electron chi connectivity index (χ4n) is 3.12. The Balaban J connectivity index is 0.00000385. The summed E-state index contributed by atoms with van der Waals surface area (Å²) < 4.78 is 36.3. The molecule has 0 N–H and O–H groups in total. The molecule has 3 rings (SSSR count). The first-order valence-electron chi connectivity index (χ1n) is 10.0. The summed E-state index contributed by atoms with van der Waals surface area (Å²) >= 11 is 1.33. The van der Waals surface area contributed by atoms with Crippen LogP contribution in [0.3, 0.4) is 0 Å². The average molecular weight is 514 g/mol. The molecule has 8 nitrogen and oxygen atoms in total. The minimum absolute atomic E-state index is 0. The van der Waals surface area contributed by atoms with Gasteiger partial charge in [-0.2, -0.15) is 0 Å². The standard InChI is InChI=1S/C22H27N3O5S2.ClH/c1-6-32(27,28)16-9-7-8-15(14-16)21(26)25(13-12-24(2)3)22-23-19-17(29-4)10-11-18(30-5)20(19)31-22;/h7-11,14H,6,12-13H2,1-5H3;1H. The summed E-state index contributed by atoms with van der Waals surface area (Å²) in [7, 11) is 3.55. The van der Waals surface area contributed by atoms with Gasteiger partial charge in [-0.3, -0.25) is 9.69 Å². The van der Waals surface area contributed by atoms with Gasteiger partial charge in [0.25, 0.3) is 5.91 Å². The highest BCUT2D eigenvalue weighted by atomic mass is 35.5. The maximum absolute atomic E-state index is 13.5. The molecule has 0 atom stereocenters. The second-order valence-corrected chi connectivity index (χ2v) is 10.6. The van der Waals surface area contributed by atoms with Crippen molar-refractivity contribution in [3.8, 4) is 11.5 Å². The fraction of sp³-hybridized carbons (Fsp3) is 0.364. The van der Waals surface area contributed by atoms with Gasteiger partial charge >= 0.3 is 0 Å². The predicted molar refractivity (Wildman–Crippen MR) is 134 cm³/mol. The zero-order chi connectivity index (χ0) is 23.5. The van der Waals surface area contributed by atoms with Crippen molar-refractivity contribution in [1.82, 2.24) is 9.88 Å². The van der Waals surface area contributed by atoms with E-state index in [4.69, 9.17) is 9.47 Å². The number of sulfone groups is 1.